The van der Waals surface area contributed by atoms with Crippen LogP contribution in [0.25, 0.3) is 0 Å². The van der Waals surface area contributed by atoms with Crippen molar-refractivity contribution < 1.29 is 14.3 Å². The van der Waals surface area contributed by atoms with Gasteiger partial charge >= 0.3 is 0 Å². The number of amides is 1. The molecule has 0 heterocycles. The molecule has 1 aromatic carbocycles. The van der Waals surface area contributed by atoms with Crippen LogP contribution < -0.4 is 20.5 Å². The van der Waals surface area contributed by atoms with Gasteiger partial charge in [0, 0.05) is 18.2 Å². The van der Waals surface area contributed by atoms with E-state index in [1.54, 1.807) is 12.1 Å². The van der Waals surface area contributed by atoms with Crippen molar-refractivity contribution in [2.75, 3.05) is 20.3 Å². The number of ether oxygens (including phenoxy) is 2. The first kappa shape index (κ1) is 22.8. The summed E-state index contributed by atoms with van der Waals surface area (Å²) in [4.78, 5) is 12.4. The monoisotopic (exact) mass is 378 g/mol. The van der Waals surface area contributed by atoms with Gasteiger partial charge in [0.15, 0.2) is 11.5 Å². The number of hydrogen-bond acceptors (Lipinski definition) is 4. The molecule has 0 aromatic heterocycles. The van der Waals surface area contributed by atoms with Crippen molar-refractivity contribution in [1.82, 2.24) is 5.32 Å². The fraction of sp³-hybridized carbons (Fsp3) is 0.588. The first-order valence-corrected chi connectivity index (χ1v) is 8.31. The van der Waals surface area contributed by atoms with Gasteiger partial charge in [0.1, 0.15) is 0 Å². The lowest BCUT2D eigenvalue weighted by molar-refractivity contribution is 0.0933. The minimum absolute atomic E-state index is 0. The van der Waals surface area contributed by atoms with E-state index < -0.39 is 0 Å². The molecule has 3 N–H and O–H groups in total. The van der Waals surface area contributed by atoms with Gasteiger partial charge in [-0.1, -0.05) is 32.4 Å². The van der Waals surface area contributed by atoms with Gasteiger partial charge in [0.05, 0.1) is 18.7 Å². The van der Waals surface area contributed by atoms with Crippen molar-refractivity contribution in [2.24, 2.45) is 11.7 Å². The molecule has 0 bridgehead atoms. The highest BCUT2D eigenvalue weighted by Gasteiger charge is 2.18. The van der Waals surface area contributed by atoms with Crippen LogP contribution in [0.15, 0.2) is 12.1 Å². The summed E-state index contributed by atoms with van der Waals surface area (Å²) in [6.45, 7) is 7.12. The normalized spacial score (nSPS) is 11.6. The highest BCUT2D eigenvalue weighted by molar-refractivity contribution is 6.32. The summed E-state index contributed by atoms with van der Waals surface area (Å²) < 4.78 is 10.9. The minimum atomic E-state index is -0.219. The van der Waals surface area contributed by atoms with Crippen LogP contribution in [0.3, 0.4) is 0 Å². The van der Waals surface area contributed by atoms with E-state index in [0.717, 1.165) is 12.8 Å². The lowest BCUT2D eigenvalue weighted by Crippen LogP contribution is -2.41. The predicted molar refractivity (Wildman–Crippen MR) is 101 cm³/mol. The number of carbonyl (C=O) groups excluding carboxylic acids is 1. The third kappa shape index (κ3) is 6.75. The Morgan fingerprint density at radius 1 is 1.38 bits per heavy atom. The number of nitrogens with two attached hydrogens (primary N) is 1. The summed E-state index contributed by atoms with van der Waals surface area (Å²) in [6, 6.07) is 3.16. The second-order valence-electron chi connectivity index (χ2n) is 5.87. The topological polar surface area (TPSA) is 73.6 Å². The van der Waals surface area contributed by atoms with Crippen LogP contribution in [0.1, 0.15) is 44.0 Å². The van der Waals surface area contributed by atoms with E-state index >= 15 is 0 Å². The fourth-order valence-corrected chi connectivity index (χ4v) is 2.51. The zero-order valence-corrected chi connectivity index (χ0v) is 16.3. The Labute approximate surface area is 155 Å². The Kier molecular flexibility index (Phi) is 10.8. The Hall–Kier alpha value is -1.17. The van der Waals surface area contributed by atoms with Crippen molar-refractivity contribution in [3.8, 4) is 11.5 Å². The molecule has 0 fully saturated rings. The van der Waals surface area contributed by atoms with Crippen LogP contribution in [0.4, 0.5) is 0 Å². The Morgan fingerprint density at radius 2 is 2.04 bits per heavy atom. The van der Waals surface area contributed by atoms with Crippen molar-refractivity contribution in [2.45, 2.75) is 39.7 Å². The van der Waals surface area contributed by atoms with Gasteiger partial charge in [-0.2, -0.15) is 0 Å². The third-order valence-electron chi connectivity index (χ3n) is 3.32. The van der Waals surface area contributed by atoms with E-state index in [4.69, 9.17) is 26.8 Å². The summed E-state index contributed by atoms with van der Waals surface area (Å²) in [7, 11) is 1.52. The van der Waals surface area contributed by atoms with Crippen LogP contribution in [0.5, 0.6) is 11.5 Å². The molecule has 1 atom stereocenters. The molecule has 0 radical (unpaired) electrons. The molecule has 0 saturated carbocycles. The van der Waals surface area contributed by atoms with E-state index in [2.05, 4.69) is 19.2 Å². The summed E-state index contributed by atoms with van der Waals surface area (Å²) in [6.07, 6.45) is 1.68. The molecule has 0 aliphatic heterocycles. The Balaban J connectivity index is 0.00000529. The number of carbonyl (C=O) groups is 1. The van der Waals surface area contributed by atoms with Crippen molar-refractivity contribution in [3.63, 3.8) is 0 Å². The van der Waals surface area contributed by atoms with Gasteiger partial charge in [-0.3, -0.25) is 4.79 Å². The lowest BCUT2D eigenvalue weighted by Gasteiger charge is -2.19. The van der Waals surface area contributed by atoms with E-state index in [1.165, 1.54) is 7.11 Å². The van der Waals surface area contributed by atoms with Gasteiger partial charge < -0.3 is 20.5 Å². The van der Waals surface area contributed by atoms with Gasteiger partial charge in [-0.25, -0.2) is 0 Å². The van der Waals surface area contributed by atoms with Crippen LogP contribution in [0, 0.1) is 5.92 Å². The van der Waals surface area contributed by atoms with Crippen molar-refractivity contribution >= 4 is 29.9 Å². The molecule has 0 saturated heterocycles. The second kappa shape index (κ2) is 11.4. The molecule has 0 aliphatic rings. The largest absolute Gasteiger partial charge is 0.493 e. The molecule has 1 aromatic rings. The standard InChI is InChI=1S/C17H27ClN2O3.ClH/c1-5-6-23-16-14(18)8-12(9-15(16)22-4)17(21)20-13(10-19)7-11(2)3;/h8-9,11,13H,5-7,10,19H2,1-4H3,(H,20,21);1H. The highest BCUT2D eigenvalue weighted by atomic mass is 35.5. The van der Waals surface area contributed by atoms with Crippen molar-refractivity contribution in [3.05, 3.63) is 22.7 Å². The number of methoxy groups -OCH3 is 1. The van der Waals surface area contributed by atoms with Crippen LogP contribution in [-0.4, -0.2) is 32.2 Å². The van der Waals surface area contributed by atoms with Crippen LogP contribution >= 0.6 is 24.0 Å². The number of benzene rings is 1. The molecule has 0 aliphatic carbocycles. The maximum atomic E-state index is 12.4. The van der Waals surface area contributed by atoms with Gasteiger partial charge in [-0.05, 0) is 30.9 Å². The number of nitrogens with one attached hydrogen (secondary N) is 1. The van der Waals surface area contributed by atoms with Crippen LogP contribution in [0.2, 0.25) is 5.02 Å². The molecule has 5 nitrogen and oxygen atoms in total. The maximum absolute atomic E-state index is 12.4. The first-order chi connectivity index (χ1) is 10.9. The molecule has 138 valence electrons. The minimum Gasteiger partial charge on any atom is -0.493 e. The predicted octanol–water partition coefficient (Wildman–Crippen LogP) is 3.66. The maximum Gasteiger partial charge on any atom is 0.251 e. The average Bonchev–Trinajstić information content (AvgIpc) is 2.51. The molecular formula is C17H28Cl2N2O3. The van der Waals surface area contributed by atoms with Gasteiger partial charge in [0.25, 0.3) is 5.91 Å². The Morgan fingerprint density at radius 3 is 2.54 bits per heavy atom. The lowest BCUT2D eigenvalue weighted by atomic mass is 10.0. The molecule has 1 rings (SSSR count). The number of rotatable bonds is 9. The van der Waals surface area contributed by atoms with Crippen LogP contribution in [-0.2, 0) is 0 Å². The zero-order valence-electron chi connectivity index (χ0n) is 14.7. The Bertz CT molecular complexity index is 525. The first-order valence-electron chi connectivity index (χ1n) is 7.94. The summed E-state index contributed by atoms with van der Waals surface area (Å²) in [5, 5.41) is 3.29. The van der Waals surface area contributed by atoms with Gasteiger partial charge in [0.2, 0.25) is 0 Å². The van der Waals surface area contributed by atoms with E-state index in [-0.39, 0.29) is 24.4 Å². The summed E-state index contributed by atoms with van der Waals surface area (Å²) in [5.74, 6) is 1.14. The smallest absolute Gasteiger partial charge is 0.251 e. The van der Waals surface area contributed by atoms with Crippen molar-refractivity contribution in [1.29, 1.82) is 0 Å². The highest BCUT2D eigenvalue weighted by Crippen LogP contribution is 2.36. The molecular weight excluding hydrogens is 351 g/mol. The molecule has 0 spiro atoms. The third-order valence-corrected chi connectivity index (χ3v) is 3.60. The average molecular weight is 379 g/mol. The number of halogens is 2. The van der Waals surface area contributed by atoms with E-state index in [0.29, 0.717) is 41.2 Å². The molecule has 7 heteroatoms. The number of hydrogen-bond donors (Lipinski definition) is 2. The summed E-state index contributed by atoms with van der Waals surface area (Å²) in [5.41, 5.74) is 6.16. The molecule has 1 amide bonds. The van der Waals surface area contributed by atoms with E-state index in [9.17, 15) is 4.79 Å². The quantitative estimate of drug-likeness (QED) is 0.687. The molecule has 24 heavy (non-hydrogen) atoms. The summed E-state index contributed by atoms with van der Waals surface area (Å²) >= 11 is 6.24. The van der Waals surface area contributed by atoms with Gasteiger partial charge in [-0.15, -0.1) is 12.4 Å². The second-order valence-corrected chi connectivity index (χ2v) is 6.28. The fourth-order valence-electron chi connectivity index (χ4n) is 2.25. The zero-order chi connectivity index (χ0) is 17.4. The SMILES string of the molecule is CCCOc1c(Cl)cc(C(=O)NC(CN)CC(C)C)cc1OC.Cl. The van der Waals surface area contributed by atoms with E-state index in [1.807, 2.05) is 6.92 Å². The molecule has 1 unspecified atom stereocenters.